The SMILES string of the molecule is C#CCC(C)Nc1ncccc1F. The predicted octanol–water partition coefficient (Wildman–Crippen LogP) is 2.04. The monoisotopic (exact) mass is 178 g/mol. The second-order valence-corrected chi connectivity index (χ2v) is 2.79. The lowest BCUT2D eigenvalue weighted by molar-refractivity contribution is 0.620. The summed E-state index contributed by atoms with van der Waals surface area (Å²) in [5.74, 6) is 2.39. The molecule has 0 saturated carbocycles. The fourth-order valence-corrected chi connectivity index (χ4v) is 0.953. The third-order valence-electron chi connectivity index (χ3n) is 1.57. The third kappa shape index (κ3) is 2.75. The van der Waals surface area contributed by atoms with Crippen LogP contribution in [-0.4, -0.2) is 11.0 Å². The number of nitrogens with one attached hydrogen (secondary N) is 1. The molecule has 0 aliphatic heterocycles. The fourth-order valence-electron chi connectivity index (χ4n) is 0.953. The predicted molar refractivity (Wildman–Crippen MR) is 50.7 cm³/mol. The largest absolute Gasteiger partial charge is 0.364 e. The van der Waals surface area contributed by atoms with Crippen molar-refractivity contribution in [3.63, 3.8) is 0 Å². The summed E-state index contributed by atoms with van der Waals surface area (Å²) in [4.78, 5) is 3.85. The second-order valence-electron chi connectivity index (χ2n) is 2.79. The number of rotatable bonds is 3. The van der Waals surface area contributed by atoms with E-state index in [1.807, 2.05) is 6.92 Å². The Balaban J connectivity index is 2.64. The third-order valence-corrected chi connectivity index (χ3v) is 1.57. The van der Waals surface area contributed by atoms with Gasteiger partial charge in [-0.3, -0.25) is 0 Å². The van der Waals surface area contributed by atoms with E-state index in [0.717, 1.165) is 0 Å². The van der Waals surface area contributed by atoms with Crippen LogP contribution in [0.5, 0.6) is 0 Å². The topological polar surface area (TPSA) is 24.9 Å². The van der Waals surface area contributed by atoms with Crippen molar-refractivity contribution in [3.8, 4) is 12.3 Å². The average molecular weight is 178 g/mol. The molecule has 0 aromatic carbocycles. The molecule has 0 radical (unpaired) electrons. The van der Waals surface area contributed by atoms with Crippen LogP contribution in [0.25, 0.3) is 0 Å². The molecule has 1 atom stereocenters. The number of nitrogens with zero attached hydrogens (tertiary/aromatic N) is 1. The Kier molecular flexibility index (Phi) is 3.27. The van der Waals surface area contributed by atoms with E-state index >= 15 is 0 Å². The molecule has 1 aromatic rings. The highest BCUT2D eigenvalue weighted by Crippen LogP contribution is 2.10. The summed E-state index contributed by atoms with van der Waals surface area (Å²) in [6, 6.07) is 2.94. The zero-order chi connectivity index (χ0) is 9.68. The van der Waals surface area contributed by atoms with Crippen molar-refractivity contribution < 1.29 is 4.39 Å². The molecule has 3 heteroatoms. The molecule has 1 N–H and O–H groups in total. The van der Waals surface area contributed by atoms with E-state index in [1.165, 1.54) is 12.3 Å². The van der Waals surface area contributed by atoms with Crippen molar-refractivity contribution in [1.29, 1.82) is 0 Å². The number of hydrogen-bond acceptors (Lipinski definition) is 2. The zero-order valence-electron chi connectivity index (χ0n) is 7.42. The average Bonchev–Trinajstić information content (AvgIpc) is 2.09. The molecule has 0 saturated heterocycles. The van der Waals surface area contributed by atoms with Gasteiger partial charge in [0, 0.05) is 18.7 Å². The highest BCUT2D eigenvalue weighted by Gasteiger charge is 2.04. The van der Waals surface area contributed by atoms with Gasteiger partial charge in [0.2, 0.25) is 0 Å². The van der Waals surface area contributed by atoms with Gasteiger partial charge in [-0.05, 0) is 19.1 Å². The minimum Gasteiger partial charge on any atom is -0.364 e. The Morgan fingerprint density at radius 3 is 3.15 bits per heavy atom. The standard InChI is InChI=1S/C10H11FN2/c1-3-5-8(2)13-10-9(11)6-4-7-12-10/h1,4,6-8H,5H2,2H3,(H,12,13). The first kappa shape index (κ1) is 9.53. The number of hydrogen-bond donors (Lipinski definition) is 1. The van der Waals surface area contributed by atoms with E-state index in [4.69, 9.17) is 6.42 Å². The summed E-state index contributed by atoms with van der Waals surface area (Å²) in [6.07, 6.45) is 7.20. The first-order valence-electron chi connectivity index (χ1n) is 4.04. The molecule has 0 aliphatic rings. The minimum absolute atomic E-state index is 0.0365. The Morgan fingerprint density at radius 1 is 1.77 bits per heavy atom. The van der Waals surface area contributed by atoms with Gasteiger partial charge in [-0.1, -0.05) is 0 Å². The van der Waals surface area contributed by atoms with E-state index in [9.17, 15) is 4.39 Å². The Labute approximate surface area is 77.2 Å². The van der Waals surface area contributed by atoms with Crippen LogP contribution >= 0.6 is 0 Å². The maximum absolute atomic E-state index is 13.0. The van der Waals surface area contributed by atoms with Crippen molar-refractivity contribution in [2.45, 2.75) is 19.4 Å². The maximum Gasteiger partial charge on any atom is 0.165 e. The van der Waals surface area contributed by atoms with Crippen molar-refractivity contribution in [1.82, 2.24) is 4.98 Å². The molecule has 0 amide bonds. The first-order chi connectivity index (χ1) is 6.24. The van der Waals surface area contributed by atoms with E-state index in [1.54, 1.807) is 6.07 Å². The lowest BCUT2D eigenvalue weighted by Gasteiger charge is -2.11. The van der Waals surface area contributed by atoms with Gasteiger partial charge in [-0.25, -0.2) is 9.37 Å². The van der Waals surface area contributed by atoms with Gasteiger partial charge < -0.3 is 5.32 Å². The summed E-state index contributed by atoms with van der Waals surface area (Å²) in [6.45, 7) is 1.88. The molecule has 0 spiro atoms. The molecule has 0 fully saturated rings. The van der Waals surface area contributed by atoms with E-state index in [-0.39, 0.29) is 17.7 Å². The molecule has 1 unspecified atom stereocenters. The number of terminal acetylenes is 1. The van der Waals surface area contributed by atoms with Gasteiger partial charge >= 0.3 is 0 Å². The highest BCUT2D eigenvalue weighted by atomic mass is 19.1. The van der Waals surface area contributed by atoms with Crippen LogP contribution in [-0.2, 0) is 0 Å². The number of pyridine rings is 1. The van der Waals surface area contributed by atoms with Crippen LogP contribution in [0.4, 0.5) is 10.2 Å². The van der Waals surface area contributed by atoms with Crippen LogP contribution in [0.1, 0.15) is 13.3 Å². The molecule has 1 rings (SSSR count). The van der Waals surface area contributed by atoms with Crippen molar-refractivity contribution in [3.05, 3.63) is 24.1 Å². The molecule has 2 nitrogen and oxygen atoms in total. The van der Waals surface area contributed by atoms with Crippen LogP contribution in [0.3, 0.4) is 0 Å². The number of anilines is 1. The molecule has 68 valence electrons. The van der Waals surface area contributed by atoms with E-state index < -0.39 is 0 Å². The van der Waals surface area contributed by atoms with Crippen LogP contribution in [0.2, 0.25) is 0 Å². The van der Waals surface area contributed by atoms with Gasteiger partial charge in [0.1, 0.15) is 0 Å². The molecular weight excluding hydrogens is 167 g/mol. The highest BCUT2D eigenvalue weighted by molar-refractivity contribution is 5.36. The van der Waals surface area contributed by atoms with Crippen molar-refractivity contribution in [2.75, 3.05) is 5.32 Å². The van der Waals surface area contributed by atoms with Crippen molar-refractivity contribution >= 4 is 5.82 Å². The number of aromatic nitrogens is 1. The van der Waals surface area contributed by atoms with Gasteiger partial charge in [0.25, 0.3) is 0 Å². The lowest BCUT2D eigenvalue weighted by atomic mass is 10.2. The normalized spacial score (nSPS) is 11.8. The Hall–Kier alpha value is -1.56. The summed E-state index contributed by atoms with van der Waals surface area (Å²) < 4.78 is 13.0. The van der Waals surface area contributed by atoms with Gasteiger partial charge in [-0.15, -0.1) is 12.3 Å². The van der Waals surface area contributed by atoms with E-state index in [0.29, 0.717) is 6.42 Å². The smallest absolute Gasteiger partial charge is 0.165 e. The molecule has 1 aromatic heterocycles. The first-order valence-corrected chi connectivity index (χ1v) is 4.04. The zero-order valence-corrected chi connectivity index (χ0v) is 7.42. The second kappa shape index (κ2) is 4.46. The molecule has 0 aliphatic carbocycles. The van der Waals surface area contributed by atoms with Crippen LogP contribution in [0, 0.1) is 18.2 Å². The van der Waals surface area contributed by atoms with Crippen molar-refractivity contribution in [2.24, 2.45) is 0 Å². The van der Waals surface area contributed by atoms with Crippen LogP contribution < -0.4 is 5.32 Å². The molecule has 13 heavy (non-hydrogen) atoms. The summed E-state index contributed by atoms with van der Waals surface area (Å²) in [7, 11) is 0. The van der Waals surface area contributed by atoms with E-state index in [2.05, 4.69) is 16.2 Å². The molecule has 1 heterocycles. The molecule has 0 bridgehead atoms. The van der Waals surface area contributed by atoms with Gasteiger partial charge in [-0.2, -0.15) is 0 Å². The minimum atomic E-state index is -0.355. The Morgan fingerprint density at radius 2 is 2.54 bits per heavy atom. The maximum atomic E-state index is 13.0. The lowest BCUT2D eigenvalue weighted by Crippen LogP contribution is -2.15. The van der Waals surface area contributed by atoms with Gasteiger partial charge in [0.05, 0.1) is 0 Å². The summed E-state index contributed by atoms with van der Waals surface area (Å²) >= 11 is 0. The summed E-state index contributed by atoms with van der Waals surface area (Å²) in [5.41, 5.74) is 0. The number of halogens is 1. The van der Waals surface area contributed by atoms with Crippen LogP contribution in [0.15, 0.2) is 18.3 Å². The Bertz CT molecular complexity index is 317. The summed E-state index contributed by atoms with van der Waals surface area (Å²) in [5, 5.41) is 2.88. The fraction of sp³-hybridized carbons (Fsp3) is 0.300. The molecular formula is C10H11FN2. The quantitative estimate of drug-likeness (QED) is 0.716. The van der Waals surface area contributed by atoms with Gasteiger partial charge in [0.15, 0.2) is 11.6 Å².